The molecule has 4 rings (SSSR count). The largest absolute Gasteiger partial charge is 0.481 e. The quantitative estimate of drug-likeness (QED) is 0.733. The van der Waals surface area contributed by atoms with Gasteiger partial charge in [0.25, 0.3) is 0 Å². The van der Waals surface area contributed by atoms with Gasteiger partial charge in [0.15, 0.2) is 0 Å². The first kappa shape index (κ1) is 18.3. The van der Waals surface area contributed by atoms with E-state index in [1.165, 1.54) is 18.0 Å². The average molecular weight is 379 g/mol. The Morgan fingerprint density at radius 3 is 2.75 bits per heavy atom. The topological polar surface area (TPSA) is 66.3 Å². The first-order valence-electron chi connectivity index (χ1n) is 9.44. The van der Waals surface area contributed by atoms with Gasteiger partial charge in [-0.1, -0.05) is 24.3 Å². The summed E-state index contributed by atoms with van der Waals surface area (Å²) < 4.78 is 14.6. The Balaban J connectivity index is 1.91. The summed E-state index contributed by atoms with van der Waals surface area (Å²) in [6, 6.07) is 9.33. The first-order valence-corrected chi connectivity index (χ1v) is 9.44. The van der Waals surface area contributed by atoms with E-state index in [4.69, 9.17) is 0 Å². The van der Waals surface area contributed by atoms with E-state index in [1.54, 1.807) is 6.07 Å². The SMILES string of the molecule is Cc1ccc(-c2ccc(F)c3ncnc(N4CCCC(C(=O)O)C4)c23)cc1C. The van der Waals surface area contributed by atoms with Crippen LogP contribution in [0.3, 0.4) is 0 Å². The highest BCUT2D eigenvalue weighted by Gasteiger charge is 2.28. The summed E-state index contributed by atoms with van der Waals surface area (Å²) in [7, 11) is 0. The molecular weight excluding hydrogens is 357 g/mol. The fourth-order valence-electron chi connectivity index (χ4n) is 3.88. The van der Waals surface area contributed by atoms with Gasteiger partial charge in [-0.2, -0.15) is 0 Å². The van der Waals surface area contributed by atoms with Gasteiger partial charge >= 0.3 is 5.97 Å². The second-order valence-corrected chi connectivity index (χ2v) is 7.44. The molecule has 3 aromatic rings. The number of fused-ring (bicyclic) bond motifs is 1. The fraction of sp³-hybridized carbons (Fsp3) is 0.318. The number of benzene rings is 2. The van der Waals surface area contributed by atoms with Crippen LogP contribution in [0.5, 0.6) is 0 Å². The predicted molar refractivity (Wildman–Crippen MR) is 107 cm³/mol. The minimum atomic E-state index is -0.802. The minimum Gasteiger partial charge on any atom is -0.481 e. The third kappa shape index (κ3) is 3.19. The molecule has 1 atom stereocenters. The average Bonchev–Trinajstić information content (AvgIpc) is 2.70. The highest BCUT2D eigenvalue weighted by molar-refractivity contribution is 6.02. The Hall–Kier alpha value is -3.02. The first-order chi connectivity index (χ1) is 13.5. The van der Waals surface area contributed by atoms with Crippen LogP contribution in [-0.4, -0.2) is 34.1 Å². The number of hydrogen-bond donors (Lipinski definition) is 1. The number of nitrogens with zero attached hydrogens (tertiary/aromatic N) is 3. The fourth-order valence-corrected chi connectivity index (χ4v) is 3.88. The molecule has 1 N–H and O–H groups in total. The Kier molecular flexibility index (Phi) is 4.71. The molecule has 1 fully saturated rings. The molecule has 1 aromatic heterocycles. The standard InChI is InChI=1S/C22H22FN3O2/c1-13-5-6-15(10-14(13)2)17-7-8-18(23)20-19(17)21(25-12-24-20)26-9-3-4-16(11-26)22(27)28/h5-8,10,12,16H,3-4,9,11H2,1-2H3,(H,27,28). The van der Waals surface area contributed by atoms with Crippen LogP contribution in [0.15, 0.2) is 36.7 Å². The molecule has 0 radical (unpaired) electrons. The molecule has 0 bridgehead atoms. The van der Waals surface area contributed by atoms with Crippen LogP contribution in [0.1, 0.15) is 24.0 Å². The van der Waals surface area contributed by atoms with Crippen molar-refractivity contribution < 1.29 is 14.3 Å². The number of hydrogen-bond acceptors (Lipinski definition) is 4. The Bertz CT molecular complexity index is 1070. The van der Waals surface area contributed by atoms with Crippen LogP contribution >= 0.6 is 0 Å². The van der Waals surface area contributed by atoms with E-state index in [9.17, 15) is 14.3 Å². The van der Waals surface area contributed by atoms with Gasteiger partial charge < -0.3 is 10.0 Å². The van der Waals surface area contributed by atoms with E-state index in [0.29, 0.717) is 30.7 Å². The van der Waals surface area contributed by atoms with Crippen molar-refractivity contribution in [2.45, 2.75) is 26.7 Å². The molecule has 1 saturated heterocycles. The maximum Gasteiger partial charge on any atom is 0.308 e. The van der Waals surface area contributed by atoms with Crippen molar-refractivity contribution in [1.29, 1.82) is 0 Å². The maximum absolute atomic E-state index is 14.6. The van der Waals surface area contributed by atoms with Crippen molar-refractivity contribution >= 4 is 22.7 Å². The number of aryl methyl sites for hydroxylation is 2. The number of carboxylic acid groups (broad SMARTS) is 1. The monoisotopic (exact) mass is 379 g/mol. The number of piperidine rings is 1. The number of aliphatic carboxylic acids is 1. The summed E-state index contributed by atoms with van der Waals surface area (Å²) in [5.74, 6) is -1.05. The number of anilines is 1. The molecule has 2 heterocycles. The van der Waals surface area contributed by atoms with Crippen molar-refractivity contribution in [2.75, 3.05) is 18.0 Å². The molecule has 0 saturated carbocycles. The van der Waals surface area contributed by atoms with Crippen LogP contribution in [-0.2, 0) is 4.79 Å². The maximum atomic E-state index is 14.6. The summed E-state index contributed by atoms with van der Waals surface area (Å²) in [5.41, 5.74) is 4.42. The van der Waals surface area contributed by atoms with Gasteiger partial charge in [-0.15, -0.1) is 0 Å². The minimum absolute atomic E-state index is 0.262. The van der Waals surface area contributed by atoms with E-state index in [2.05, 4.69) is 23.0 Å². The summed E-state index contributed by atoms with van der Waals surface area (Å²) in [5, 5.41) is 10.1. The van der Waals surface area contributed by atoms with Gasteiger partial charge in [0.1, 0.15) is 23.5 Å². The molecular formula is C22H22FN3O2. The van der Waals surface area contributed by atoms with E-state index < -0.39 is 17.7 Å². The third-order valence-corrected chi connectivity index (χ3v) is 5.61. The van der Waals surface area contributed by atoms with Gasteiger partial charge in [-0.05, 0) is 55.0 Å². The van der Waals surface area contributed by atoms with Crippen LogP contribution in [0.25, 0.3) is 22.0 Å². The lowest BCUT2D eigenvalue weighted by Crippen LogP contribution is -2.39. The van der Waals surface area contributed by atoms with Gasteiger partial charge in [0, 0.05) is 13.1 Å². The molecule has 144 valence electrons. The molecule has 28 heavy (non-hydrogen) atoms. The van der Waals surface area contributed by atoms with Gasteiger partial charge in [-0.3, -0.25) is 4.79 Å². The molecule has 1 aliphatic rings. The highest BCUT2D eigenvalue weighted by Crippen LogP contribution is 2.36. The molecule has 2 aromatic carbocycles. The zero-order valence-corrected chi connectivity index (χ0v) is 15.9. The summed E-state index contributed by atoms with van der Waals surface area (Å²) in [6.45, 7) is 5.16. The normalized spacial score (nSPS) is 17.1. The highest BCUT2D eigenvalue weighted by atomic mass is 19.1. The lowest BCUT2D eigenvalue weighted by molar-refractivity contribution is -0.141. The van der Waals surface area contributed by atoms with E-state index in [1.807, 2.05) is 24.0 Å². The Labute approximate surface area is 162 Å². The van der Waals surface area contributed by atoms with Crippen LogP contribution < -0.4 is 4.90 Å². The number of aromatic nitrogens is 2. The molecule has 5 nitrogen and oxygen atoms in total. The Morgan fingerprint density at radius 1 is 1.18 bits per heavy atom. The number of carbonyl (C=O) groups is 1. The van der Waals surface area contributed by atoms with Crippen molar-refractivity contribution in [3.8, 4) is 11.1 Å². The molecule has 1 unspecified atom stereocenters. The van der Waals surface area contributed by atoms with Crippen molar-refractivity contribution in [1.82, 2.24) is 9.97 Å². The van der Waals surface area contributed by atoms with Gasteiger partial charge in [0.05, 0.1) is 11.3 Å². The van der Waals surface area contributed by atoms with Crippen molar-refractivity contribution in [3.05, 3.63) is 53.6 Å². The Morgan fingerprint density at radius 2 is 2.00 bits per heavy atom. The third-order valence-electron chi connectivity index (χ3n) is 5.61. The van der Waals surface area contributed by atoms with E-state index in [0.717, 1.165) is 23.1 Å². The van der Waals surface area contributed by atoms with Crippen molar-refractivity contribution in [2.24, 2.45) is 5.92 Å². The second kappa shape index (κ2) is 7.19. The van der Waals surface area contributed by atoms with Crippen LogP contribution in [0, 0.1) is 25.6 Å². The molecule has 0 spiro atoms. The molecule has 0 amide bonds. The molecule has 0 aliphatic carbocycles. The molecule has 6 heteroatoms. The lowest BCUT2D eigenvalue weighted by Gasteiger charge is -2.32. The predicted octanol–water partition coefficient (Wildman–Crippen LogP) is 4.35. The van der Waals surface area contributed by atoms with Gasteiger partial charge in [-0.25, -0.2) is 14.4 Å². The van der Waals surface area contributed by atoms with Crippen LogP contribution in [0.4, 0.5) is 10.2 Å². The summed E-state index contributed by atoms with van der Waals surface area (Å²) >= 11 is 0. The zero-order chi connectivity index (χ0) is 19.8. The second-order valence-electron chi connectivity index (χ2n) is 7.44. The zero-order valence-electron chi connectivity index (χ0n) is 15.9. The smallest absolute Gasteiger partial charge is 0.308 e. The summed E-state index contributed by atoms with van der Waals surface area (Å²) in [4.78, 5) is 22.1. The number of carboxylic acids is 1. The van der Waals surface area contributed by atoms with E-state index >= 15 is 0 Å². The van der Waals surface area contributed by atoms with Crippen LogP contribution in [0.2, 0.25) is 0 Å². The summed E-state index contributed by atoms with van der Waals surface area (Å²) in [6.07, 6.45) is 2.76. The lowest BCUT2D eigenvalue weighted by atomic mass is 9.95. The van der Waals surface area contributed by atoms with Crippen molar-refractivity contribution in [3.63, 3.8) is 0 Å². The van der Waals surface area contributed by atoms with Gasteiger partial charge in [0.2, 0.25) is 0 Å². The molecule has 1 aliphatic heterocycles. The number of rotatable bonds is 3. The number of halogens is 1. The van der Waals surface area contributed by atoms with E-state index in [-0.39, 0.29) is 5.52 Å².